The van der Waals surface area contributed by atoms with E-state index in [4.69, 9.17) is 0 Å². The lowest BCUT2D eigenvalue weighted by atomic mass is 9.95. The van der Waals surface area contributed by atoms with Crippen LogP contribution in [0.15, 0.2) is 47.5 Å². The number of sulfonamides is 1. The van der Waals surface area contributed by atoms with Gasteiger partial charge in [0.15, 0.2) is 0 Å². The van der Waals surface area contributed by atoms with E-state index in [0.717, 1.165) is 9.87 Å². The number of likely N-dealkylation sites (tertiary alicyclic amines) is 1. The van der Waals surface area contributed by atoms with E-state index in [1.165, 1.54) is 26.2 Å². The molecule has 1 aliphatic heterocycles. The van der Waals surface area contributed by atoms with Crippen molar-refractivity contribution in [3.05, 3.63) is 48.2 Å². The predicted molar refractivity (Wildman–Crippen MR) is 127 cm³/mol. The van der Waals surface area contributed by atoms with Gasteiger partial charge in [-0.25, -0.2) is 17.7 Å². The highest BCUT2D eigenvalue weighted by molar-refractivity contribution is 7.89. The van der Waals surface area contributed by atoms with Crippen LogP contribution in [0.4, 0.5) is 11.5 Å². The van der Waals surface area contributed by atoms with E-state index in [9.17, 15) is 18.0 Å². The first-order valence-corrected chi connectivity index (χ1v) is 12.3. The van der Waals surface area contributed by atoms with Gasteiger partial charge in [0.25, 0.3) is 0 Å². The van der Waals surface area contributed by atoms with Crippen LogP contribution in [0.2, 0.25) is 0 Å². The van der Waals surface area contributed by atoms with Crippen LogP contribution in [0.25, 0.3) is 0 Å². The molecule has 2 N–H and O–H groups in total. The van der Waals surface area contributed by atoms with Gasteiger partial charge in [-0.2, -0.15) is 0 Å². The Balaban J connectivity index is 1.55. The van der Waals surface area contributed by atoms with Crippen molar-refractivity contribution in [1.82, 2.24) is 14.2 Å². The normalized spacial score (nSPS) is 16.4. The number of hydrogen-bond donors (Lipinski definition) is 2. The smallest absolute Gasteiger partial charge is 0.242 e. The topological polar surface area (TPSA) is 112 Å². The third-order valence-electron chi connectivity index (χ3n) is 5.87. The second kappa shape index (κ2) is 10.4. The molecule has 178 valence electrons. The lowest BCUT2D eigenvalue weighted by molar-refractivity contribution is -0.123. The monoisotopic (exact) mass is 473 g/mol. The zero-order valence-electron chi connectivity index (χ0n) is 19.4. The van der Waals surface area contributed by atoms with E-state index >= 15 is 0 Å². The van der Waals surface area contributed by atoms with Crippen molar-refractivity contribution in [3.8, 4) is 0 Å². The number of piperidine rings is 1. The number of carbonyl (C=O) groups is 2. The molecule has 3 rings (SSSR count). The standard InChI is InChI=1S/C23H31N5O4S/c1-16-8-11-24-21(14-16)26-23(30)18-9-12-28(13-10-18)17(2)22(29)25-19-6-5-7-20(15-19)33(31,32)27(3)4/h5-8,11,14-15,17-18H,9-10,12-13H2,1-4H3,(H,25,29)(H,24,26,30). The summed E-state index contributed by atoms with van der Waals surface area (Å²) in [7, 11) is -0.662. The zero-order chi connectivity index (χ0) is 24.2. The summed E-state index contributed by atoms with van der Waals surface area (Å²) in [6, 6.07) is 9.50. The maximum absolute atomic E-state index is 12.8. The van der Waals surface area contributed by atoms with Gasteiger partial charge >= 0.3 is 0 Å². The lowest BCUT2D eigenvalue weighted by Crippen LogP contribution is -2.47. The van der Waals surface area contributed by atoms with Gasteiger partial charge in [0.05, 0.1) is 10.9 Å². The molecule has 0 radical (unpaired) electrons. The molecule has 0 aliphatic carbocycles. The summed E-state index contributed by atoms with van der Waals surface area (Å²) in [5, 5.41) is 5.69. The highest BCUT2D eigenvalue weighted by Crippen LogP contribution is 2.22. The molecule has 9 nitrogen and oxygen atoms in total. The molecule has 1 aliphatic rings. The molecule has 1 unspecified atom stereocenters. The van der Waals surface area contributed by atoms with Crippen molar-refractivity contribution >= 4 is 33.3 Å². The van der Waals surface area contributed by atoms with Gasteiger partial charge in [-0.1, -0.05) is 6.07 Å². The fourth-order valence-electron chi connectivity index (χ4n) is 3.74. The van der Waals surface area contributed by atoms with Gasteiger partial charge in [0.2, 0.25) is 21.8 Å². The highest BCUT2D eigenvalue weighted by atomic mass is 32.2. The van der Waals surface area contributed by atoms with Gasteiger partial charge in [-0.05, 0) is 75.7 Å². The molecular formula is C23H31N5O4S. The molecule has 2 amide bonds. The molecular weight excluding hydrogens is 442 g/mol. The maximum atomic E-state index is 12.8. The Labute approximate surface area is 195 Å². The van der Waals surface area contributed by atoms with Crippen molar-refractivity contribution < 1.29 is 18.0 Å². The Hall–Kier alpha value is -2.82. The Morgan fingerprint density at radius 2 is 1.82 bits per heavy atom. The molecule has 0 bridgehead atoms. The molecule has 1 fully saturated rings. The van der Waals surface area contributed by atoms with Crippen LogP contribution in [0.1, 0.15) is 25.3 Å². The summed E-state index contributed by atoms with van der Waals surface area (Å²) in [6.45, 7) is 4.98. The minimum absolute atomic E-state index is 0.0521. The molecule has 2 aromatic rings. The van der Waals surface area contributed by atoms with E-state index in [1.807, 2.05) is 30.9 Å². The van der Waals surface area contributed by atoms with Crippen LogP contribution in [-0.2, 0) is 19.6 Å². The lowest BCUT2D eigenvalue weighted by Gasteiger charge is -2.34. The number of carbonyl (C=O) groups excluding carboxylic acids is 2. The molecule has 1 saturated heterocycles. The summed E-state index contributed by atoms with van der Waals surface area (Å²) in [6.07, 6.45) is 2.96. The number of anilines is 2. The van der Waals surface area contributed by atoms with Crippen molar-refractivity contribution in [2.75, 3.05) is 37.8 Å². The van der Waals surface area contributed by atoms with Gasteiger partial charge in [0.1, 0.15) is 5.82 Å². The first kappa shape index (κ1) is 24.8. The van der Waals surface area contributed by atoms with Crippen LogP contribution in [0.5, 0.6) is 0 Å². The van der Waals surface area contributed by atoms with Crippen molar-refractivity contribution in [1.29, 1.82) is 0 Å². The predicted octanol–water partition coefficient (Wildman–Crippen LogP) is 2.32. The highest BCUT2D eigenvalue weighted by Gasteiger charge is 2.30. The van der Waals surface area contributed by atoms with Gasteiger partial charge in [-0.15, -0.1) is 0 Å². The van der Waals surface area contributed by atoms with E-state index in [1.54, 1.807) is 18.3 Å². The van der Waals surface area contributed by atoms with Crippen LogP contribution in [0.3, 0.4) is 0 Å². The quantitative estimate of drug-likeness (QED) is 0.638. The second-order valence-corrected chi connectivity index (χ2v) is 10.7. The molecule has 2 heterocycles. The van der Waals surface area contributed by atoms with E-state index in [0.29, 0.717) is 37.4 Å². The average molecular weight is 474 g/mol. The number of pyridine rings is 1. The third kappa shape index (κ3) is 6.16. The summed E-state index contributed by atoms with van der Waals surface area (Å²) < 4.78 is 25.8. The molecule has 33 heavy (non-hydrogen) atoms. The Morgan fingerprint density at radius 3 is 2.45 bits per heavy atom. The van der Waals surface area contributed by atoms with Crippen molar-refractivity contribution in [2.45, 2.75) is 37.6 Å². The van der Waals surface area contributed by atoms with Crippen LogP contribution in [0, 0.1) is 12.8 Å². The van der Waals surface area contributed by atoms with E-state index in [-0.39, 0.29) is 22.6 Å². The fourth-order valence-corrected chi connectivity index (χ4v) is 4.69. The number of hydrogen-bond acceptors (Lipinski definition) is 6. The first-order valence-electron chi connectivity index (χ1n) is 10.9. The average Bonchev–Trinajstić information content (AvgIpc) is 2.78. The number of aryl methyl sites for hydroxylation is 1. The zero-order valence-corrected chi connectivity index (χ0v) is 20.2. The minimum Gasteiger partial charge on any atom is -0.325 e. The Kier molecular flexibility index (Phi) is 7.83. The van der Waals surface area contributed by atoms with Crippen molar-refractivity contribution in [3.63, 3.8) is 0 Å². The SMILES string of the molecule is Cc1ccnc(NC(=O)C2CCN(C(C)C(=O)Nc3cccc(S(=O)(=O)N(C)C)c3)CC2)c1. The minimum atomic E-state index is -3.59. The summed E-state index contributed by atoms with van der Waals surface area (Å²) in [5.41, 5.74) is 1.45. The summed E-state index contributed by atoms with van der Waals surface area (Å²) in [5.74, 6) is 0.144. The van der Waals surface area contributed by atoms with E-state index < -0.39 is 16.1 Å². The van der Waals surface area contributed by atoms with Crippen molar-refractivity contribution in [2.24, 2.45) is 5.92 Å². The third-order valence-corrected chi connectivity index (χ3v) is 7.69. The molecule has 1 atom stereocenters. The number of nitrogens with one attached hydrogen (secondary N) is 2. The second-order valence-electron chi connectivity index (χ2n) is 8.50. The molecule has 10 heteroatoms. The maximum Gasteiger partial charge on any atom is 0.242 e. The number of nitrogens with zero attached hydrogens (tertiary/aromatic N) is 3. The van der Waals surface area contributed by atoms with Gasteiger partial charge in [0, 0.05) is 31.9 Å². The molecule has 1 aromatic heterocycles. The number of rotatable bonds is 7. The van der Waals surface area contributed by atoms with Gasteiger partial charge in [-0.3, -0.25) is 14.5 Å². The van der Waals surface area contributed by atoms with E-state index in [2.05, 4.69) is 15.6 Å². The molecule has 0 spiro atoms. The first-order chi connectivity index (χ1) is 15.6. The largest absolute Gasteiger partial charge is 0.325 e. The fraction of sp³-hybridized carbons (Fsp3) is 0.435. The van der Waals surface area contributed by atoms with Crippen LogP contribution < -0.4 is 10.6 Å². The van der Waals surface area contributed by atoms with Gasteiger partial charge < -0.3 is 10.6 Å². The van der Waals surface area contributed by atoms with Crippen LogP contribution in [-0.4, -0.2) is 67.6 Å². The summed E-state index contributed by atoms with van der Waals surface area (Å²) in [4.78, 5) is 31.7. The summed E-state index contributed by atoms with van der Waals surface area (Å²) >= 11 is 0. The Morgan fingerprint density at radius 1 is 1.12 bits per heavy atom. The molecule has 0 saturated carbocycles. The molecule has 1 aromatic carbocycles. The van der Waals surface area contributed by atoms with Crippen LogP contribution >= 0.6 is 0 Å². The number of amides is 2. The Bertz CT molecular complexity index is 1110. The number of benzene rings is 1. The number of aromatic nitrogens is 1.